The van der Waals surface area contributed by atoms with Gasteiger partial charge in [-0.3, -0.25) is 0 Å². The Balaban J connectivity index is 2.55. The molecule has 1 fully saturated rings. The summed E-state index contributed by atoms with van der Waals surface area (Å²) < 4.78 is 10.4. The van der Waals surface area contributed by atoms with Gasteiger partial charge in [0.15, 0.2) is 6.29 Å². The monoisotopic (exact) mass is 173 g/mol. The second-order valence-corrected chi connectivity index (χ2v) is 4.03. The van der Waals surface area contributed by atoms with E-state index in [1.165, 1.54) is 0 Å². The highest BCUT2D eigenvalue weighted by Crippen LogP contribution is 2.59. The van der Waals surface area contributed by atoms with Crippen molar-refractivity contribution in [2.45, 2.75) is 20.1 Å². The van der Waals surface area contributed by atoms with Crippen LogP contribution in [0.4, 0.5) is 0 Å². The third-order valence-corrected chi connectivity index (χ3v) is 3.15. The largest absolute Gasteiger partial charge is 0.356 e. The molecule has 0 bridgehead atoms. The van der Waals surface area contributed by atoms with Crippen molar-refractivity contribution in [3.63, 3.8) is 0 Å². The minimum absolute atomic E-state index is 0.0893. The van der Waals surface area contributed by atoms with Gasteiger partial charge in [0.2, 0.25) is 0 Å². The van der Waals surface area contributed by atoms with Crippen LogP contribution in [0.15, 0.2) is 0 Å². The summed E-state index contributed by atoms with van der Waals surface area (Å²) in [6.07, 6.45) is -0.0893. The predicted octanol–water partition coefficient (Wildman–Crippen LogP) is 0.836. The van der Waals surface area contributed by atoms with Crippen molar-refractivity contribution < 1.29 is 9.47 Å². The first kappa shape index (κ1) is 9.96. The van der Waals surface area contributed by atoms with Gasteiger partial charge in [0, 0.05) is 20.1 Å². The number of rotatable bonds is 4. The Morgan fingerprint density at radius 3 is 2.08 bits per heavy atom. The Labute approximate surface area is 74.2 Å². The Bertz CT molecular complexity index is 155. The van der Waals surface area contributed by atoms with Crippen molar-refractivity contribution in [1.29, 1.82) is 0 Å². The van der Waals surface area contributed by atoms with Crippen LogP contribution in [0.25, 0.3) is 0 Å². The summed E-state index contributed by atoms with van der Waals surface area (Å²) in [6, 6.07) is 0. The first-order chi connectivity index (χ1) is 5.59. The molecule has 0 amide bonds. The standard InChI is InChI=1S/C9H19NO2/c1-9(2)6(5-10)7(9)8(11-3)12-4/h6-8H,5,10H2,1-4H3/t6-,7+/m1/s1. The first-order valence-corrected chi connectivity index (χ1v) is 4.35. The van der Waals surface area contributed by atoms with Gasteiger partial charge in [0.25, 0.3) is 0 Å². The number of ether oxygens (including phenoxy) is 2. The summed E-state index contributed by atoms with van der Waals surface area (Å²) in [5.41, 5.74) is 5.92. The van der Waals surface area contributed by atoms with E-state index in [0.29, 0.717) is 11.8 Å². The highest BCUT2D eigenvalue weighted by Gasteiger charge is 2.60. The van der Waals surface area contributed by atoms with E-state index < -0.39 is 0 Å². The molecule has 0 aromatic carbocycles. The smallest absolute Gasteiger partial charge is 0.160 e. The van der Waals surface area contributed by atoms with Crippen LogP contribution in [0.3, 0.4) is 0 Å². The van der Waals surface area contributed by atoms with Crippen LogP contribution in [-0.4, -0.2) is 27.1 Å². The van der Waals surface area contributed by atoms with Gasteiger partial charge in [-0.05, 0) is 17.9 Å². The molecule has 2 N–H and O–H groups in total. The number of nitrogens with two attached hydrogens (primary N) is 1. The van der Waals surface area contributed by atoms with Crippen molar-refractivity contribution in [1.82, 2.24) is 0 Å². The summed E-state index contributed by atoms with van der Waals surface area (Å²) in [5, 5.41) is 0. The summed E-state index contributed by atoms with van der Waals surface area (Å²) >= 11 is 0. The number of hydrogen-bond acceptors (Lipinski definition) is 3. The molecule has 2 atom stereocenters. The molecule has 1 aliphatic rings. The quantitative estimate of drug-likeness (QED) is 0.641. The molecule has 1 aliphatic carbocycles. The Kier molecular flexibility index (Phi) is 2.76. The van der Waals surface area contributed by atoms with E-state index in [1.807, 2.05) is 0 Å². The molecule has 0 radical (unpaired) electrons. The van der Waals surface area contributed by atoms with Crippen LogP contribution in [0, 0.1) is 17.3 Å². The lowest BCUT2D eigenvalue weighted by molar-refractivity contribution is -0.123. The zero-order valence-corrected chi connectivity index (χ0v) is 8.33. The molecule has 3 nitrogen and oxygen atoms in total. The molecule has 0 aliphatic heterocycles. The van der Waals surface area contributed by atoms with E-state index in [1.54, 1.807) is 14.2 Å². The van der Waals surface area contributed by atoms with Crippen molar-refractivity contribution in [2.75, 3.05) is 20.8 Å². The Morgan fingerprint density at radius 1 is 1.33 bits per heavy atom. The van der Waals surface area contributed by atoms with Gasteiger partial charge in [0.1, 0.15) is 0 Å². The molecule has 1 saturated carbocycles. The predicted molar refractivity (Wildman–Crippen MR) is 47.6 cm³/mol. The van der Waals surface area contributed by atoms with E-state index in [2.05, 4.69) is 13.8 Å². The fourth-order valence-electron chi connectivity index (χ4n) is 2.17. The van der Waals surface area contributed by atoms with E-state index in [-0.39, 0.29) is 11.7 Å². The van der Waals surface area contributed by atoms with Gasteiger partial charge in [0.05, 0.1) is 0 Å². The lowest BCUT2D eigenvalue weighted by Crippen LogP contribution is -2.19. The van der Waals surface area contributed by atoms with Gasteiger partial charge >= 0.3 is 0 Å². The van der Waals surface area contributed by atoms with Crippen LogP contribution >= 0.6 is 0 Å². The fourth-order valence-corrected chi connectivity index (χ4v) is 2.17. The summed E-state index contributed by atoms with van der Waals surface area (Å²) in [7, 11) is 3.35. The second kappa shape index (κ2) is 3.32. The normalized spacial score (nSPS) is 32.5. The highest BCUT2D eigenvalue weighted by atomic mass is 16.7. The average molecular weight is 173 g/mol. The van der Waals surface area contributed by atoms with Crippen LogP contribution in [0.2, 0.25) is 0 Å². The molecule has 72 valence electrons. The number of methoxy groups -OCH3 is 2. The zero-order chi connectivity index (χ0) is 9.35. The van der Waals surface area contributed by atoms with Crippen molar-refractivity contribution in [3.05, 3.63) is 0 Å². The van der Waals surface area contributed by atoms with Crippen LogP contribution in [-0.2, 0) is 9.47 Å². The van der Waals surface area contributed by atoms with E-state index in [0.717, 1.165) is 6.54 Å². The minimum Gasteiger partial charge on any atom is -0.356 e. The van der Waals surface area contributed by atoms with Gasteiger partial charge in [-0.1, -0.05) is 13.8 Å². The van der Waals surface area contributed by atoms with E-state index in [4.69, 9.17) is 15.2 Å². The van der Waals surface area contributed by atoms with E-state index in [9.17, 15) is 0 Å². The highest BCUT2D eigenvalue weighted by molar-refractivity contribution is 5.06. The molecule has 12 heavy (non-hydrogen) atoms. The third kappa shape index (κ3) is 1.37. The van der Waals surface area contributed by atoms with Crippen molar-refractivity contribution in [3.8, 4) is 0 Å². The molecule has 3 heteroatoms. The third-order valence-electron chi connectivity index (χ3n) is 3.15. The lowest BCUT2D eigenvalue weighted by Gasteiger charge is -2.14. The van der Waals surface area contributed by atoms with Crippen LogP contribution in [0.1, 0.15) is 13.8 Å². The molecule has 0 heterocycles. The maximum absolute atomic E-state index is 5.64. The van der Waals surface area contributed by atoms with Gasteiger partial charge in [-0.25, -0.2) is 0 Å². The van der Waals surface area contributed by atoms with Gasteiger partial charge in [-0.2, -0.15) is 0 Å². The summed E-state index contributed by atoms with van der Waals surface area (Å²) in [6.45, 7) is 5.14. The minimum atomic E-state index is -0.0893. The van der Waals surface area contributed by atoms with Gasteiger partial charge in [-0.15, -0.1) is 0 Å². The SMILES string of the molecule is COC(OC)[C@@H]1[C@@H](CN)C1(C)C. The lowest BCUT2D eigenvalue weighted by atomic mass is 10.1. The van der Waals surface area contributed by atoms with Crippen molar-refractivity contribution >= 4 is 0 Å². The summed E-state index contributed by atoms with van der Waals surface area (Å²) in [5.74, 6) is 1.000. The second-order valence-electron chi connectivity index (χ2n) is 4.03. The molecular weight excluding hydrogens is 154 g/mol. The summed E-state index contributed by atoms with van der Waals surface area (Å²) in [4.78, 5) is 0. The van der Waals surface area contributed by atoms with E-state index >= 15 is 0 Å². The molecule has 0 unspecified atom stereocenters. The molecular formula is C9H19NO2. The number of hydrogen-bond donors (Lipinski definition) is 1. The van der Waals surface area contributed by atoms with Crippen molar-refractivity contribution in [2.24, 2.45) is 23.0 Å². The van der Waals surface area contributed by atoms with Crippen LogP contribution < -0.4 is 5.73 Å². The fraction of sp³-hybridized carbons (Fsp3) is 1.00. The maximum atomic E-state index is 5.64. The molecule has 0 saturated heterocycles. The Morgan fingerprint density at radius 2 is 1.83 bits per heavy atom. The molecule has 1 rings (SSSR count). The Hall–Kier alpha value is -0.120. The molecule has 0 aromatic heterocycles. The topological polar surface area (TPSA) is 44.5 Å². The molecule has 0 spiro atoms. The van der Waals surface area contributed by atoms with Crippen LogP contribution in [0.5, 0.6) is 0 Å². The average Bonchev–Trinajstić information content (AvgIpc) is 2.57. The van der Waals surface area contributed by atoms with Gasteiger partial charge < -0.3 is 15.2 Å². The maximum Gasteiger partial charge on any atom is 0.160 e. The zero-order valence-electron chi connectivity index (χ0n) is 8.33. The first-order valence-electron chi connectivity index (χ1n) is 4.35. The molecule has 0 aromatic rings.